The van der Waals surface area contributed by atoms with Crippen molar-refractivity contribution in [3.05, 3.63) is 36.0 Å². The highest BCUT2D eigenvalue weighted by Gasteiger charge is 2.11. The molecule has 2 heteroatoms. The lowest BCUT2D eigenvalue weighted by Gasteiger charge is -2.18. The fourth-order valence-corrected chi connectivity index (χ4v) is 2.49. The SMILES string of the molecule is CCCNCc1cccc2c1ccn2CCC(C)(C)C. The second-order valence-electron chi connectivity index (χ2n) is 6.85. The average molecular weight is 272 g/mol. The first-order chi connectivity index (χ1) is 9.51. The van der Waals surface area contributed by atoms with Gasteiger partial charge in [-0.3, -0.25) is 0 Å². The van der Waals surface area contributed by atoms with Gasteiger partial charge in [0, 0.05) is 30.2 Å². The highest BCUT2D eigenvalue weighted by molar-refractivity contribution is 5.83. The molecule has 1 aromatic carbocycles. The van der Waals surface area contributed by atoms with Crippen molar-refractivity contribution in [2.75, 3.05) is 6.54 Å². The van der Waals surface area contributed by atoms with Gasteiger partial charge in [0.1, 0.15) is 0 Å². The summed E-state index contributed by atoms with van der Waals surface area (Å²) in [5.74, 6) is 0. The summed E-state index contributed by atoms with van der Waals surface area (Å²) in [6.45, 7) is 12.3. The number of aryl methyl sites for hydroxylation is 1. The van der Waals surface area contributed by atoms with Crippen LogP contribution < -0.4 is 5.32 Å². The van der Waals surface area contributed by atoms with Crippen LogP contribution in [0.2, 0.25) is 0 Å². The van der Waals surface area contributed by atoms with E-state index in [9.17, 15) is 0 Å². The molecule has 0 amide bonds. The van der Waals surface area contributed by atoms with Crippen molar-refractivity contribution in [2.24, 2.45) is 5.41 Å². The van der Waals surface area contributed by atoms with Crippen molar-refractivity contribution in [1.29, 1.82) is 0 Å². The van der Waals surface area contributed by atoms with Crippen LogP contribution in [0.15, 0.2) is 30.5 Å². The molecular formula is C18H28N2. The number of nitrogens with zero attached hydrogens (tertiary/aromatic N) is 1. The van der Waals surface area contributed by atoms with Crippen molar-refractivity contribution in [3.63, 3.8) is 0 Å². The quantitative estimate of drug-likeness (QED) is 0.762. The minimum Gasteiger partial charge on any atom is -0.347 e. The van der Waals surface area contributed by atoms with E-state index in [-0.39, 0.29) is 0 Å². The molecule has 0 spiro atoms. The van der Waals surface area contributed by atoms with Gasteiger partial charge in [0.05, 0.1) is 0 Å². The molecule has 2 nitrogen and oxygen atoms in total. The van der Waals surface area contributed by atoms with E-state index in [1.54, 1.807) is 0 Å². The van der Waals surface area contributed by atoms with E-state index in [0.717, 1.165) is 19.6 Å². The molecule has 0 bridgehead atoms. The van der Waals surface area contributed by atoms with Gasteiger partial charge in [0.2, 0.25) is 0 Å². The van der Waals surface area contributed by atoms with E-state index < -0.39 is 0 Å². The van der Waals surface area contributed by atoms with Crippen LogP contribution >= 0.6 is 0 Å². The Morgan fingerprint density at radius 3 is 2.65 bits per heavy atom. The Morgan fingerprint density at radius 1 is 1.15 bits per heavy atom. The molecular weight excluding hydrogens is 244 g/mol. The van der Waals surface area contributed by atoms with Gasteiger partial charge in [-0.2, -0.15) is 0 Å². The summed E-state index contributed by atoms with van der Waals surface area (Å²) in [5.41, 5.74) is 3.16. The number of nitrogens with one attached hydrogen (secondary N) is 1. The molecule has 0 fully saturated rings. The third-order valence-electron chi connectivity index (χ3n) is 3.75. The Labute approximate surface area is 123 Å². The molecule has 2 rings (SSSR count). The highest BCUT2D eigenvalue weighted by atomic mass is 15.0. The van der Waals surface area contributed by atoms with Crippen LogP contribution in [0.4, 0.5) is 0 Å². The topological polar surface area (TPSA) is 17.0 Å². The van der Waals surface area contributed by atoms with Gasteiger partial charge in [-0.15, -0.1) is 0 Å². The fourth-order valence-electron chi connectivity index (χ4n) is 2.49. The molecule has 0 saturated carbocycles. The summed E-state index contributed by atoms with van der Waals surface area (Å²) in [5, 5.41) is 4.89. The molecule has 1 heterocycles. The van der Waals surface area contributed by atoms with Gasteiger partial charge in [-0.25, -0.2) is 0 Å². The van der Waals surface area contributed by atoms with Crippen LogP contribution in [0.3, 0.4) is 0 Å². The van der Waals surface area contributed by atoms with E-state index in [0.29, 0.717) is 5.41 Å². The number of hydrogen-bond acceptors (Lipinski definition) is 1. The van der Waals surface area contributed by atoms with Crippen molar-refractivity contribution in [3.8, 4) is 0 Å². The minimum atomic E-state index is 0.386. The first-order valence-electron chi connectivity index (χ1n) is 7.79. The maximum atomic E-state index is 3.50. The molecule has 1 N–H and O–H groups in total. The average Bonchev–Trinajstić information content (AvgIpc) is 2.80. The summed E-state index contributed by atoms with van der Waals surface area (Å²) < 4.78 is 2.39. The van der Waals surface area contributed by atoms with Crippen molar-refractivity contribution >= 4 is 10.9 Å². The van der Waals surface area contributed by atoms with E-state index in [1.165, 1.54) is 29.3 Å². The second kappa shape index (κ2) is 6.45. The molecule has 0 unspecified atom stereocenters. The minimum absolute atomic E-state index is 0.386. The van der Waals surface area contributed by atoms with Crippen LogP contribution in [0.1, 0.15) is 46.1 Å². The molecule has 20 heavy (non-hydrogen) atoms. The number of rotatable bonds is 6. The molecule has 2 aromatic rings. The normalized spacial score (nSPS) is 12.2. The summed E-state index contributed by atoms with van der Waals surface area (Å²) >= 11 is 0. The molecule has 110 valence electrons. The van der Waals surface area contributed by atoms with E-state index >= 15 is 0 Å². The molecule has 0 aliphatic heterocycles. The maximum absolute atomic E-state index is 3.50. The first-order valence-corrected chi connectivity index (χ1v) is 7.79. The van der Waals surface area contributed by atoms with E-state index in [1.807, 2.05) is 0 Å². The van der Waals surface area contributed by atoms with Gasteiger partial charge in [-0.05, 0) is 42.5 Å². The summed E-state index contributed by atoms with van der Waals surface area (Å²) in [4.78, 5) is 0. The Hall–Kier alpha value is -1.28. The zero-order valence-corrected chi connectivity index (χ0v) is 13.4. The Morgan fingerprint density at radius 2 is 1.95 bits per heavy atom. The largest absolute Gasteiger partial charge is 0.347 e. The number of fused-ring (bicyclic) bond motifs is 1. The van der Waals surface area contributed by atoms with Gasteiger partial charge in [0.25, 0.3) is 0 Å². The van der Waals surface area contributed by atoms with Gasteiger partial charge < -0.3 is 9.88 Å². The Kier molecular flexibility index (Phi) is 4.87. The molecule has 0 atom stereocenters. The van der Waals surface area contributed by atoms with Crippen molar-refractivity contribution in [1.82, 2.24) is 9.88 Å². The van der Waals surface area contributed by atoms with E-state index in [2.05, 4.69) is 68.0 Å². The summed E-state index contributed by atoms with van der Waals surface area (Å²) in [6.07, 6.45) is 4.62. The fraction of sp³-hybridized carbons (Fsp3) is 0.556. The van der Waals surface area contributed by atoms with Gasteiger partial charge in [-0.1, -0.05) is 39.8 Å². The zero-order valence-electron chi connectivity index (χ0n) is 13.4. The lowest BCUT2D eigenvalue weighted by molar-refractivity contribution is 0.353. The van der Waals surface area contributed by atoms with Crippen LogP contribution in [0.5, 0.6) is 0 Å². The second-order valence-corrected chi connectivity index (χ2v) is 6.85. The van der Waals surface area contributed by atoms with Crippen molar-refractivity contribution in [2.45, 2.75) is 53.6 Å². The lowest BCUT2D eigenvalue weighted by Crippen LogP contribution is -2.14. The highest BCUT2D eigenvalue weighted by Crippen LogP contribution is 2.24. The molecule has 1 aromatic heterocycles. The Bertz CT molecular complexity index is 546. The monoisotopic (exact) mass is 272 g/mol. The van der Waals surface area contributed by atoms with Gasteiger partial charge >= 0.3 is 0 Å². The van der Waals surface area contributed by atoms with E-state index in [4.69, 9.17) is 0 Å². The first kappa shape index (κ1) is 15.1. The standard InChI is InChI=1S/C18H28N2/c1-5-11-19-14-15-7-6-8-17-16(15)9-12-20(17)13-10-18(2,3)4/h6-9,12,19H,5,10-11,13-14H2,1-4H3. The number of aromatic nitrogens is 1. The smallest absolute Gasteiger partial charge is 0.0483 e. The zero-order chi connectivity index (χ0) is 14.6. The predicted molar refractivity (Wildman–Crippen MR) is 88.0 cm³/mol. The summed E-state index contributed by atoms with van der Waals surface area (Å²) in [7, 11) is 0. The lowest BCUT2D eigenvalue weighted by atomic mass is 9.92. The third kappa shape index (κ3) is 3.86. The number of benzene rings is 1. The van der Waals surface area contributed by atoms with Crippen molar-refractivity contribution < 1.29 is 0 Å². The van der Waals surface area contributed by atoms with Crippen LogP contribution in [-0.2, 0) is 13.1 Å². The third-order valence-corrected chi connectivity index (χ3v) is 3.75. The summed E-state index contributed by atoms with van der Waals surface area (Å²) in [6, 6.07) is 8.92. The van der Waals surface area contributed by atoms with Crippen LogP contribution in [-0.4, -0.2) is 11.1 Å². The Balaban J connectivity index is 2.16. The molecule has 0 aliphatic carbocycles. The molecule has 0 radical (unpaired) electrons. The van der Waals surface area contributed by atoms with Crippen LogP contribution in [0.25, 0.3) is 10.9 Å². The maximum Gasteiger partial charge on any atom is 0.0483 e. The van der Waals surface area contributed by atoms with Gasteiger partial charge in [0.15, 0.2) is 0 Å². The van der Waals surface area contributed by atoms with Crippen LogP contribution in [0, 0.1) is 5.41 Å². The molecule has 0 saturated heterocycles. The molecule has 0 aliphatic rings. The predicted octanol–water partition coefficient (Wildman–Crippen LogP) is 4.58. The number of hydrogen-bond donors (Lipinski definition) is 1.